The van der Waals surface area contributed by atoms with Crippen LogP contribution in [-0.4, -0.2) is 59.6 Å². The highest BCUT2D eigenvalue weighted by Crippen LogP contribution is 2.51. The zero-order valence-corrected chi connectivity index (χ0v) is 17.0. The van der Waals surface area contributed by atoms with Crippen LogP contribution in [0, 0.1) is 12.3 Å². The second-order valence-corrected chi connectivity index (χ2v) is 8.94. The second-order valence-electron chi connectivity index (χ2n) is 7.73. The van der Waals surface area contributed by atoms with Gasteiger partial charge in [0.1, 0.15) is 17.0 Å². The van der Waals surface area contributed by atoms with Crippen LogP contribution >= 0.6 is 11.6 Å². The minimum atomic E-state index is -4.33. The summed E-state index contributed by atoms with van der Waals surface area (Å²) in [4.78, 5) is 6.47. The molecule has 3 heterocycles. The Labute approximate surface area is 172 Å². The van der Waals surface area contributed by atoms with Gasteiger partial charge in [-0.05, 0) is 31.4 Å². The lowest BCUT2D eigenvalue weighted by Gasteiger charge is -2.61. The molecule has 1 N–H and O–H groups in total. The molecule has 1 spiro atoms. The van der Waals surface area contributed by atoms with Crippen molar-refractivity contribution in [2.75, 3.05) is 24.5 Å². The highest BCUT2D eigenvalue weighted by Gasteiger charge is 2.55. The number of hydrogen-bond acceptors (Lipinski definition) is 6. The number of nitrogens with zero attached hydrogens (tertiary/aromatic N) is 5. The molecular weight excluding hydrogens is 433 g/mol. The van der Waals surface area contributed by atoms with E-state index >= 15 is 0 Å². The third kappa shape index (κ3) is 3.96. The lowest BCUT2D eigenvalue weighted by Crippen LogP contribution is -2.68. The van der Waals surface area contributed by atoms with Gasteiger partial charge in [0.15, 0.2) is 5.82 Å². The molecule has 1 saturated carbocycles. The van der Waals surface area contributed by atoms with E-state index in [-0.39, 0.29) is 11.5 Å². The van der Waals surface area contributed by atoms with Crippen molar-refractivity contribution in [2.45, 2.75) is 38.4 Å². The van der Waals surface area contributed by atoms with Gasteiger partial charge in [-0.2, -0.15) is 22.7 Å². The highest BCUT2D eigenvalue weighted by atomic mass is 35.5. The van der Waals surface area contributed by atoms with Crippen molar-refractivity contribution < 1.29 is 21.9 Å². The predicted octanol–water partition coefficient (Wildman–Crippen LogP) is 2.21. The molecule has 0 radical (unpaired) electrons. The first-order valence-electron chi connectivity index (χ1n) is 9.01. The molecule has 13 heteroatoms. The number of rotatable bonds is 6. The molecule has 0 amide bonds. The van der Waals surface area contributed by atoms with Crippen molar-refractivity contribution in [1.29, 1.82) is 0 Å². The largest absolute Gasteiger partial charge is 0.759 e. The van der Waals surface area contributed by atoms with Gasteiger partial charge in [0.25, 0.3) is 0 Å². The predicted molar refractivity (Wildman–Crippen MR) is 99.8 cm³/mol. The lowest BCUT2D eigenvalue weighted by atomic mass is 9.61. The van der Waals surface area contributed by atoms with E-state index in [1.54, 1.807) is 4.52 Å². The second kappa shape index (κ2) is 7.34. The van der Waals surface area contributed by atoms with Crippen LogP contribution in [-0.2, 0) is 11.3 Å². The summed E-state index contributed by atoms with van der Waals surface area (Å²) in [6.45, 7) is 2.85. The van der Waals surface area contributed by atoms with E-state index in [1.807, 2.05) is 13.0 Å². The van der Waals surface area contributed by atoms with Crippen LogP contribution in [0.15, 0.2) is 12.4 Å². The molecule has 8 nitrogen and oxygen atoms in total. The van der Waals surface area contributed by atoms with Crippen LogP contribution < -0.4 is 10.3 Å². The standard InChI is InChI=1S/C16H20ClF3N6O2S/c1-10-4-12(17)25-13(10)14(21-9-23-25)24-7-15(8-24)5-11(6-15)26(29(27)28)22-3-2-16(18,19)20/h4,9,11,22H,2-3,5-8H2,1H3,(H,27,28)/p-1. The molecule has 1 saturated heterocycles. The number of alkyl halides is 3. The summed E-state index contributed by atoms with van der Waals surface area (Å²) in [7, 11) is 0. The third-order valence-electron chi connectivity index (χ3n) is 5.54. The number of hydrogen-bond donors (Lipinski definition) is 1. The molecule has 0 bridgehead atoms. The van der Waals surface area contributed by atoms with Crippen LogP contribution in [0.1, 0.15) is 24.8 Å². The zero-order chi connectivity index (χ0) is 21.0. The summed E-state index contributed by atoms with van der Waals surface area (Å²) in [6.07, 6.45) is -2.82. The van der Waals surface area contributed by atoms with E-state index in [1.165, 1.54) is 6.33 Å². The minimum absolute atomic E-state index is 0.0553. The normalized spacial score (nSPS) is 20.3. The van der Waals surface area contributed by atoms with Crippen molar-refractivity contribution in [3.63, 3.8) is 0 Å². The summed E-state index contributed by atoms with van der Waals surface area (Å²) < 4.78 is 62.3. The zero-order valence-electron chi connectivity index (χ0n) is 15.4. The molecule has 1 unspecified atom stereocenters. The van der Waals surface area contributed by atoms with Crippen molar-refractivity contribution in [2.24, 2.45) is 5.41 Å². The van der Waals surface area contributed by atoms with Crippen LogP contribution in [0.4, 0.5) is 19.0 Å². The monoisotopic (exact) mass is 451 g/mol. The van der Waals surface area contributed by atoms with Gasteiger partial charge >= 0.3 is 6.18 Å². The molecule has 160 valence electrons. The lowest BCUT2D eigenvalue weighted by molar-refractivity contribution is -0.135. The Bertz CT molecular complexity index is 941. The SMILES string of the molecule is Cc1cc(Cl)n2ncnc(N3CC4(CC(N(NCCC(F)(F)F)S(=O)[O-])C4)C3)c12. The van der Waals surface area contributed by atoms with Crippen molar-refractivity contribution in [1.82, 2.24) is 24.4 Å². The van der Waals surface area contributed by atoms with Crippen LogP contribution in [0.2, 0.25) is 5.15 Å². The summed E-state index contributed by atoms with van der Waals surface area (Å²) >= 11 is 3.54. The molecule has 1 atom stereocenters. The summed E-state index contributed by atoms with van der Waals surface area (Å²) in [5.74, 6) is 0.769. The number of aryl methyl sites for hydroxylation is 1. The molecule has 2 fully saturated rings. The molecule has 0 aromatic carbocycles. The molecule has 4 rings (SSSR count). The summed E-state index contributed by atoms with van der Waals surface area (Å²) in [6, 6.07) is 1.47. The number of fused-ring (bicyclic) bond motifs is 1. The number of nitrogens with one attached hydrogen (secondary N) is 1. The minimum Gasteiger partial charge on any atom is -0.759 e. The average Bonchev–Trinajstić information content (AvgIpc) is 2.84. The van der Waals surface area contributed by atoms with E-state index < -0.39 is 30.4 Å². The first-order chi connectivity index (χ1) is 13.6. The van der Waals surface area contributed by atoms with Gasteiger partial charge in [-0.15, -0.1) is 0 Å². The highest BCUT2D eigenvalue weighted by molar-refractivity contribution is 7.76. The van der Waals surface area contributed by atoms with Gasteiger partial charge < -0.3 is 9.45 Å². The fraction of sp³-hybridized carbons (Fsp3) is 0.625. The maximum Gasteiger partial charge on any atom is 0.390 e. The van der Waals surface area contributed by atoms with Gasteiger partial charge in [0.2, 0.25) is 0 Å². The molecular formula is C16H19ClF3N6O2S-. The van der Waals surface area contributed by atoms with Crippen LogP contribution in [0.3, 0.4) is 0 Å². The number of hydrazine groups is 1. The van der Waals surface area contributed by atoms with Gasteiger partial charge in [-0.3, -0.25) is 4.21 Å². The number of halogens is 4. The first-order valence-corrected chi connectivity index (χ1v) is 10.4. The number of aromatic nitrogens is 3. The summed E-state index contributed by atoms with van der Waals surface area (Å²) in [5.41, 5.74) is 4.12. The van der Waals surface area contributed by atoms with Crippen molar-refractivity contribution in [3.05, 3.63) is 23.1 Å². The van der Waals surface area contributed by atoms with E-state index in [0.29, 0.717) is 31.1 Å². The Morgan fingerprint density at radius 1 is 1.45 bits per heavy atom. The first kappa shape index (κ1) is 20.8. The molecule has 2 aromatic heterocycles. The Balaban J connectivity index is 1.37. The van der Waals surface area contributed by atoms with Crippen molar-refractivity contribution in [3.8, 4) is 0 Å². The molecule has 1 aliphatic carbocycles. The topological polar surface area (TPSA) is 88.8 Å². The Morgan fingerprint density at radius 3 is 2.76 bits per heavy atom. The van der Waals surface area contributed by atoms with Gasteiger partial charge in [-0.25, -0.2) is 14.9 Å². The van der Waals surface area contributed by atoms with Crippen LogP contribution in [0.5, 0.6) is 0 Å². The quantitative estimate of drug-likeness (QED) is 0.535. The van der Waals surface area contributed by atoms with Gasteiger partial charge in [-0.1, -0.05) is 11.6 Å². The average molecular weight is 452 g/mol. The number of anilines is 1. The van der Waals surface area contributed by atoms with E-state index in [2.05, 4.69) is 20.4 Å². The Morgan fingerprint density at radius 2 is 2.14 bits per heavy atom. The summed E-state index contributed by atoms with van der Waals surface area (Å²) in [5, 5.41) is 4.66. The molecule has 1 aliphatic heterocycles. The van der Waals surface area contributed by atoms with Gasteiger partial charge in [0, 0.05) is 42.4 Å². The maximum absolute atomic E-state index is 12.3. The fourth-order valence-electron chi connectivity index (χ4n) is 4.28. The fourth-order valence-corrected chi connectivity index (χ4v) is 5.16. The molecule has 2 aliphatic rings. The van der Waals surface area contributed by atoms with E-state index in [0.717, 1.165) is 21.3 Å². The van der Waals surface area contributed by atoms with E-state index in [9.17, 15) is 21.9 Å². The van der Waals surface area contributed by atoms with E-state index in [4.69, 9.17) is 11.6 Å². The Hall–Kier alpha value is -1.47. The van der Waals surface area contributed by atoms with Gasteiger partial charge in [0.05, 0.1) is 6.42 Å². The smallest absolute Gasteiger partial charge is 0.390 e. The Kier molecular flexibility index (Phi) is 5.26. The molecule has 29 heavy (non-hydrogen) atoms. The third-order valence-corrected chi connectivity index (χ3v) is 6.56. The van der Waals surface area contributed by atoms with Crippen molar-refractivity contribution >= 4 is 34.2 Å². The maximum atomic E-state index is 12.3. The molecule has 2 aromatic rings. The van der Waals surface area contributed by atoms with Crippen LogP contribution in [0.25, 0.3) is 5.52 Å².